The third-order valence-corrected chi connectivity index (χ3v) is 4.52. The van der Waals surface area contributed by atoms with Crippen LogP contribution in [0, 0.1) is 0 Å². The zero-order chi connectivity index (χ0) is 15.4. The fourth-order valence-electron chi connectivity index (χ4n) is 1.36. The monoisotopic (exact) mass is 322 g/mol. The summed E-state index contributed by atoms with van der Waals surface area (Å²) in [5.74, 6) is -1.53. The van der Waals surface area contributed by atoms with Crippen molar-refractivity contribution in [1.29, 1.82) is 0 Å². The van der Waals surface area contributed by atoms with Crippen molar-refractivity contribution in [3.63, 3.8) is 0 Å². The average molecular weight is 322 g/mol. The van der Waals surface area contributed by atoms with Crippen molar-refractivity contribution in [2.75, 3.05) is 12.3 Å². The molecule has 0 saturated carbocycles. The van der Waals surface area contributed by atoms with Crippen LogP contribution in [0.5, 0.6) is 0 Å². The molecule has 0 aliphatic heterocycles. The highest BCUT2D eigenvalue weighted by Crippen LogP contribution is 2.10. The van der Waals surface area contributed by atoms with E-state index in [9.17, 15) is 21.6 Å². The summed E-state index contributed by atoms with van der Waals surface area (Å²) in [7, 11) is -7.59. The van der Waals surface area contributed by atoms with E-state index in [1.807, 2.05) is 0 Å². The lowest BCUT2D eigenvalue weighted by molar-refractivity contribution is -0.136. The summed E-state index contributed by atoms with van der Waals surface area (Å²) in [5, 5.41) is 13.3. The Labute approximate surface area is 116 Å². The third-order valence-electron chi connectivity index (χ3n) is 2.27. The lowest BCUT2D eigenvalue weighted by Gasteiger charge is -2.06. The van der Waals surface area contributed by atoms with Crippen LogP contribution in [0.25, 0.3) is 0 Å². The standard InChI is InChI=1S/C10H14N2O6S2/c11-19(15,16)6-5-12-20(17,18)9-3-1-8(2-4-9)7-10(13)14/h1-4,12H,5-7H2,(H,13,14)(H2,11,15,16). The molecule has 1 rings (SSSR count). The van der Waals surface area contributed by atoms with Gasteiger partial charge in [-0.1, -0.05) is 12.1 Å². The number of nitrogens with two attached hydrogens (primary N) is 1. The Balaban J connectivity index is 2.75. The molecule has 10 heteroatoms. The summed E-state index contributed by atoms with van der Waals surface area (Å²) in [4.78, 5) is 10.4. The molecule has 0 unspecified atom stereocenters. The Kier molecular flexibility index (Phi) is 5.22. The molecule has 1 aromatic carbocycles. The highest BCUT2D eigenvalue weighted by molar-refractivity contribution is 7.90. The van der Waals surface area contributed by atoms with E-state index < -0.39 is 31.8 Å². The zero-order valence-corrected chi connectivity index (χ0v) is 11.9. The summed E-state index contributed by atoms with van der Waals surface area (Å²) in [6, 6.07) is 5.25. The van der Waals surface area contributed by atoms with Gasteiger partial charge in [0.2, 0.25) is 20.0 Å². The number of nitrogens with one attached hydrogen (secondary N) is 1. The SMILES string of the molecule is NS(=O)(=O)CCNS(=O)(=O)c1ccc(CC(=O)O)cc1. The van der Waals surface area contributed by atoms with Gasteiger partial charge in [-0.3, -0.25) is 4.79 Å². The molecule has 0 saturated heterocycles. The Morgan fingerprint density at radius 1 is 1.15 bits per heavy atom. The molecule has 0 fully saturated rings. The number of carboxylic acid groups (broad SMARTS) is 1. The first-order chi connectivity index (χ1) is 9.10. The molecule has 0 aliphatic carbocycles. The second kappa shape index (κ2) is 6.31. The van der Waals surface area contributed by atoms with E-state index in [-0.39, 0.29) is 17.9 Å². The van der Waals surface area contributed by atoms with E-state index in [0.29, 0.717) is 5.56 Å². The van der Waals surface area contributed by atoms with Gasteiger partial charge in [0.1, 0.15) is 0 Å². The van der Waals surface area contributed by atoms with Gasteiger partial charge >= 0.3 is 5.97 Å². The number of carbonyl (C=O) groups is 1. The fraction of sp³-hybridized carbons (Fsp3) is 0.300. The van der Waals surface area contributed by atoms with E-state index in [1.54, 1.807) is 0 Å². The maximum Gasteiger partial charge on any atom is 0.307 e. The van der Waals surface area contributed by atoms with Crippen LogP contribution < -0.4 is 9.86 Å². The molecule has 0 aliphatic rings. The quantitative estimate of drug-likeness (QED) is 0.580. The molecule has 0 atom stereocenters. The molecule has 0 amide bonds. The normalized spacial score (nSPS) is 12.2. The van der Waals surface area contributed by atoms with Crippen LogP contribution in [0.15, 0.2) is 29.2 Å². The molecular formula is C10H14N2O6S2. The number of aliphatic carboxylic acids is 1. The lowest BCUT2D eigenvalue weighted by Crippen LogP contribution is -2.31. The van der Waals surface area contributed by atoms with Gasteiger partial charge in [0.25, 0.3) is 0 Å². The minimum absolute atomic E-state index is 0.0824. The first-order valence-corrected chi connectivity index (χ1v) is 8.61. The molecule has 20 heavy (non-hydrogen) atoms. The first kappa shape index (κ1) is 16.6. The van der Waals surface area contributed by atoms with E-state index in [1.165, 1.54) is 24.3 Å². The molecular weight excluding hydrogens is 308 g/mol. The second-order valence-electron chi connectivity index (χ2n) is 3.98. The Morgan fingerprint density at radius 2 is 1.70 bits per heavy atom. The van der Waals surface area contributed by atoms with E-state index in [4.69, 9.17) is 10.2 Å². The van der Waals surface area contributed by atoms with Crippen molar-refractivity contribution in [3.8, 4) is 0 Å². The summed E-state index contributed by atoms with van der Waals surface area (Å²) in [6.07, 6.45) is -0.209. The van der Waals surface area contributed by atoms with Crippen molar-refractivity contribution < 1.29 is 26.7 Å². The molecule has 4 N–H and O–H groups in total. The number of benzene rings is 1. The fourth-order valence-corrected chi connectivity index (χ4v) is 2.91. The van der Waals surface area contributed by atoms with Crippen LogP contribution in [0.1, 0.15) is 5.56 Å². The van der Waals surface area contributed by atoms with Gasteiger partial charge in [0.15, 0.2) is 0 Å². The van der Waals surface area contributed by atoms with Gasteiger partial charge in [0, 0.05) is 6.54 Å². The minimum atomic E-state index is -3.85. The van der Waals surface area contributed by atoms with Gasteiger partial charge in [-0.2, -0.15) is 0 Å². The molecule has 1 aromatic rings. The minimum Gasteiger partial charge on any atom is -0.481 e. The maximum atomic E-state index is 11.8. The van der Waals surface area contributed by atoms with Crippen LogP contribution in [-0.2, 0) is 31.3 Å². The third kappa shape index (κ3) is 5.65. The van der Waals surface area contributed by atoms with Crippen molar-refractivity contribution in [1.82, 2.24) is 4.72 Å². The Hall–Kier alpha value is -1.49. The number of hydrogen-bond acceptors (Lipinski definition) is 5. The van der Waals surface area contributed by atoms with Crippen LogP contribution in [0.2, 0.25) is 0 Å². The lowest BCUT2D eigenvalue weighted by atomic mass is 10.2. The van der Waals surface area contributed by atoms with Crippen LogP contribution >= 0.6 is 0 Å². The molecule has 0 radical (unpaired) electrons. The summed E-state index contributed by atoms with van der Waals surface area (Å²) >= 11 is 0. The first-order valence-electron chi connectivity index (χ1n) is 5.41. The molecule has 112 valence electrons. The van der Waals surface area contributed by atoms with Crippen molar-refractivity contribution >= 4 is 26.0 Å². The molecule has 0 bridgehead atoms. The number of carboxylic acids is 1. The molecule has 8 nitrogen and oxygen atoms in total. The van der Waals surface area contributed by atoms with Gasteiger partial charge in [-0.15, -0.1) is 0 Å². The van der Waals surface area contributed by atoms with Gasteiger partial charge in [-0.05, 0) is 17.7 Å². The molecule has 0 heterocycles. The zero-order valence-electron chi connectivity index (χ0n) is 10.3. The van der Waals surface area contributed by atoms with E-state index in [0.717, 1.165) is 0 Å². The molecule has 0 spiro atoms. The number of sulfonamides is 2. The summed E-state index contributed by atoms with van der Waals surface area (Å²) in [5.41, 5.74) is 0.459. The number of hydrogen-bond donors (Lipinski definition) is 3. The average Bonchev–Trinajstić information content (AvgIpc) is 2.26. The summed E-state index contributed by atoms with van der Waals surface area (Å²) in [6.45, 7) is -0.335. The second-order valence-corrected chi connectivity index (χ2v) is 7.48. The van der Waals surface area contributed by atoms with Crippen LogP contribution in [0.4, 0.5) is 0 Å². The summed E-state index contributed by atoms with van der Waals surface area (Å²) < 4.78 is 47.0. The van der Waals surface area contributed by atoms with E-state index >= 15 is 0 Å². The van der Waals surface area contributed by atoms with Gasteiger partial charge in [0.05, 0.1) is 17.1 Å². The smallest absolute Gasteiger partial charge is 0.307 e. The van der Waals surface area contributed by atoms with Crippen molar-refractivity contribution in [2.45, 2.75) is 11.3 Å². The van der Waals surface area contributed by atoms with Crippen LogP contribution in [0.3, 0.4) is 0 Å². The van der Waals surface area contributed by atoms with Crippen LogP contribution in [-0.4, -0.2) is 40.2 Å². The van der Waals surface area contributed by atoms with E-state index in [2.05, 4.69) is 4.72 Å². The largest absolute Gasteiger partial charge is 0.481 e. The van der Waals surface area contributed by atoms with Crippen molar-refractivity contribution in [3.05, 3.63) is 29.8 Å². The predicted molar refractivity (Wildman–Crippen MR) is 70.9 cm³/mol. The Bertz CT molecular complexity index is 679. The highest BCUT2D eigenvalue weighted by Gasteiger charge is 2.14. The van der Waals surface area contributed by atoms with Gasteiger partial charge < -0.3 is 5.11 Å². The topological polar surface area (TPSA) is 144 Å². The van der Waals surface area contributed by atoms with Gasteiger partial charge in [-0.25, -0.2) is 26.7 Å². The number of rotatable bonds is 7. The predicted octanol–water partition coefficient (Wildman–Crippen LogP) is -1.12. The molecule has 0 aromatic heterocycles. The number of primary sulfonamides is 1. The maximum absolute atomic E-state index is 11.8. The highest BCUT2D eigenvalue weighted by atomic mass is 32.2. The van der Waals surface area contributed by atoms with Crippen molar-refractivity contribution in [2.24, 2.45) is 5.14 Å². The Morgan fingerprint density at radius 3 is 2.15 bits per heavy atom.